The van der Waals surface area contributed by atoms with Gasteiger partial charge in [0.25, 0.3) is 0 Å². The minimum absolute atomic E-state index is 0.169. The number of aliphatic carboxylic acids is 1. The number of carbonyl (C=O) groups excluding carboxylic acids is 1. The smallest absolute Gasteiger partial charge is 0.323 e. The van der Waals surface area contributed by atoms with Crippen molar-refractivity contribution in [1.82, 2.24) is 4.90 Å². The van der Waals surface area contributed by atoms with E-state index in [0.29, 0.717) is 13.0 Å². The number of piperidine rings is 1. The molecule has 0 aromatic carbocycles. The Labute approximate surface area is 102 Å². The van der Waals surface area contributed by atoms with Gasteiger partial charge in [0.05, 0.1) is 6.10 Å². The summed E-state index contributed by atoms with van der Waals surface area (Å²) >= 11 is 0. The van der Waals surface area contributed by atoms with Gasteiger partial charge in [-0.05, 0) is 40.2 Å². The average Bonchev–Trinajstić information content (AvgIpc) is 2.27. The number of carbonyl (C=O) groups is 2. The third-order valence-electron chi connectivity index (χ3n) is 3.02. The fraction of sp³-hybridized carbons (Fsp3) is 0.833. The Kier molecular flexibility index (Phi) is 4.93. The lowest BCUT2D eigenvalue weighted by Crippen LogP contribution is -2.52. The van der Waals surface area contributed by atoms with Crippen molar-refractivity contribution in [1.29, 1.82) is 0 Å². The van der Waals surface area contributed by atoms with Crippen LogP contribution in [0.5, 0.6) is 0 Å². The van der Waals surface area contributed by atoms with Crippen LogP contribution in [-0.2, 0) is 14.3 Å². The van der Waals surface area contributed by atoms with Crippen LogP contribution in [0.2, 0.25) is 0 Å². The maximum Gasteiger partial charge on any atom is 0.323 e. The lowest BCUT2D eigenvalue weighted by Gasteiger charge is -2.36. The fourth-order valence-electron chi connectivity index (χ4n) is 2.15. The van der Waals surface area contributed by atoms with E-state index in [1.165, 1.54) is 0 Å². The van der Waals surface area contributed by atoms with Gasteiger partial charge in [-0.1, -0.05) is 6.42 Å². The third-order valence-corrected chi connectivity index (χ3v) is 3.02. The molecule has 1 heterocycles. The first-order valence-electron chi connectivity index (χ1n) is 6.12. The van der Waals surface area contributed by atoms with E-state index in [-0.39, 0.29) is 12.1 Å². The van der Waals surface area contributed by atoms with Crippen molar-refractivity contribution in [3.63, 3.8) is 0 Å². The molecule has 0 amide bonds. The van der Waals surface area contributed by atoms with E-state index in [9.17, 15) is 9.59 Å². The Morgan fingerprint density at radius 1 is 1.29 bits per heavy atom. The minimum atomic E-state index is -0.853. The zero-order valence-corrected chi connectivity index (χ0v) is 10.7. The molecule has 2 atom stereocenters. The molecule has 0 aromatic heterocycles. The van der Waals surface area contributed by atoms with Crippen LogP contribution in [0.1, 0.15) is 40.0 Å². The summed E-state index contributed by atoms with van der Waals surface area (Å²) in [6.07, 6.45) is 2.27. The van der Waals surface area contributed by atoms with Gasteiger partial charge < -0.3 is 9.84 Å². The molecule has 0 bridgehead atoms. The summed E-state index contributed by atoms with van der Waals surface area (Å²) in [4.78, 5) is 24.6. The van der Waals surface area contributed by atoms with Gasteiger partial charge in [-0.3, -0.25) is 14.5 Å². The zero-order valence-electron chi connectivity index (χ0n) is 10.7. The Bertz CT molecular complexity index is 290. The second-order valence-electron chi connectivity index (χ2n) is 4.75. The molecule has 1 fully saturated rings. The molecule has 0 radical (unpaired) electrons. The highest BCUT2D eigenvalue weighted by Crippen LogP contribution is 2.20. The molecular weight excluding hydrogens is 222 g/mol. The number of likely N-dealkylation sites (tertiary alicyclic amines) is 1. The molecule has 5 nitrogen and oxygen atoms in total. The van der Waals surface area contributed by atoms with Crippen LogP contribution in [0.25, 0.3) is 0 Å². The number of rotatable bonds is 4. The number of hydrogen-bond donors (Lipinski definition) is 1. The molecule has 1 rings (SSSR count). The van der Waals surface area contributed by atoms with E-state index in [4.69, 9.17) is 9.84 Å². The number of hydrogen-bond acceptors (Lipinski definition) is 4. The van der Waals surface area contributed by atoms with Crippen LogP contribution in [0, 0.1) is 0 Å². The van der Waals surface area contributed by atoms with Crippen LogP contribution in [0.3, 0.4) is 0 Å². The van der Waals surface area contributed by atoms with Crippen LogP contribution < -0.4 is 0 Å². The first-order chi connectivity index (χ1) is 7.93. The maximum atomic E-state index is 11.8. The molecular formula is C12H21NO4. The quantitative estimate of drug-likeness (QED) is 0.753. The molecule has 0 spiro atoms. The summed E-state index contributed by atoms with van der Waals surface area (Å²) in [5.74, 6) is -1.19. The molecule has 5 heteroatoms. The van der Waals surface area contributed by atoms with Gasteiger partial charge in [0, 0.05) is 0 Å². The Morgan fingerprint density at radius 2 is 1.94 bits per heavy atom. The van der Waals surface area contributed by atoms with E-state index in [0.717, 1.165) is 12.8 Å². The predicted octanol–water partition coefficient (Wildman–Crippen LogP) is 1.27. The Hall–Kier alpha value is -1.10. The highest BCUT2D eigenvalue weighted by Gasteiger charge is 2.35. The normalized spacial score (nSPS) is 23.4. The van der Waals surface area contributed by atoms with Crippen molar-refractivity contribution in [3.05, 3.63) is 0 Å². The molecule has 0 aromatic rings. The number of carboxylic acids is 1. The standard InChI is InChI=1S/C12H21NO4/c1-8(2)17-12(16)9(3)13-7-5-4-6-10(13)11(14)15/h8-10H,4-7H2,1-3H3,(H,14,15). The summed E-state index contributed by atoms with van der Waals surface area (Å²) in [6, 6.07) is -1.04. The van der Waals surface area contributed by atoms with Crippen LogP contribution in [0.15, 0.2) is 0 Å². The summed E-state index contributed by atoms with van der Waals surface area (Å²) in [5, 5.41) is 9.13. The van der Waals surface area contributed by atoms with Gasteiger partial charge in [-0.15, -0.1) is 0 Å². The minimum Gasteiger partial charge on any atom is -0.480 e. The van der Waals surface area contributed by atoms with Crippen LogP contribution >= 0.6 is 0 Å². The van der Waals surface area contributed by atoms with E-state index in [1.54, 1.807) is 25.7 Å². The molecule has 1 aliphatic heterocycles. The lowest BCUT2D eigenvalue weighted by molar-refractivity contribution is -0.158. The molecule has 17 heavy (non-hydrogen) atoms. The number of carboxylic acid groups (broad SMARTS) is 1. The van der Waals surface area contributed by atoms with E-state index in [1.807, 2.05) is 0 Å². The van der Waals surface area contributed by atoms with E-state index in [2.05, 4.69) is 0 Å². The summed E-state index contributed by atoms with van der Waals surface area (Å²) in [5.41, 5.74) is 0. The van der Waals surface area contributed by atoms with Gasteiger partial charge in [-0.25, -0.2) is 0 Å². The number of nitrogens with zero attached hydrogens (tertiary/aromatic N) is 1. The second-order valence-corrected chi connectivity index (χ2v) is 4.75. The van der Waals surface area contributed by atoms with Gasteiger partial charge >= 0.3 is 11.9 Å². The first kappa shape index (κ1) is 14.0. The summed E-state index contributed by atoms with van der Waals surface area (Å²) < 4.78 is 5.12. The summed E-state index contributed by atoms with van der Waals surface area (Å²) in [7, 11) is 0. The van der Waals surface area contributed by atoms with Crippen molar-refractivity contribution in [3.8, 4) is 0 Å². The molecule has 0 saturated carbocycles. The van der Waals surface area contributed by atoms with Gasteiger partial charge in [0.2, 0.25) is 0 Å². The zero-order chi connectivity index (χ0) is 13.0. The second kappa shape index (κ2) is 6.00. The van der Waals surface area contributed by atoms with Gasteiger partial charge in [0.1, 0.15) is 12.1 Å². The van der Waals surface area contributed by atoms with E-state index < -0.39 is 18.1 Å². The SMILES string of the molecule is CC(C)OC(=O)C(C)N1CCCCC1C(=O)O. The largest absolute Gasteiger partial charge is 0.480 e. The molecule has 1 aliphatic rings. The first-order valence-corrected chi connectivity index (χ1v) is 6.12. The van der Waals surface area contributed by atoms with Crippen molar-refractivity contribution in [2.45, 2.75) is 58.2 Å². The highest BCUT2D eigenvalue weighted by atomic mass is 16.5. The van der Waals surface area contributed by atoms with Crippen molar-refractivity contribution in [2.75, 3.05) is 6.54 Å². The van der Waals surface area contributed by atoms with Crippen molar-refractivity contribution >= 4 is 11.9 Å². The van der Waals surface area contributed by atoms with E-state index >= 15 is 0 Å². The van der Waals surface area contributed by atoms with Crippen molar-refractivity contribution in [2.24, 2.45) is 0 Å². The molecule has 2 unspecified atom stereocenters. The number of ether oxygens (including phenoxy) is 1. The predicted molar refractivity (Wildman–Crippen MR) is 62.7 cm³/mol. The molecule has 0 aliphatic carbocycles. The summed E-state index contributed by atoms with van der Waals surface area (Å²) in [6.45, 7) is 5.93. The van der Waals surface area contributed by atoms with Crippen LogP contribution in [-0.4, -0.2) is 46.7 Å². The maximum absolute atomic E-state index is 11.8. The van der Waals surface area contributed by atoms with Gasteiger partial charge in [-0.2, -0.15) is 0 Å². The molecule has 1 N–H and O–H groups in total. The van der Waals surface area contributed by atoms with Gasteiger partial charge in [0.15, 0.2) is 0 Å². The lowest BCUT2D eigenvalue weighted by atomic mass is 10.0. The van der Waals surface area contributed by atoms with Crippen LogP contribution in [0.4, 0.5) is 0 Å². The number of esters is 1. The van der Waals surface area contributed by atoms with Crippen molar-refractivity contribution < 1.29 is 19.4 Å². The molecule has 1 saturated heterocycles. The Morgan fingerprint density at radius 3 is 2.47 bits per heavy atom. The monoisotopic (exact) mass is 243 g/mol. The average molecular weight is 243 g/mol. The molecule has 98 valence electrons. The third kappa shape index (κ3) is 3.70. The Balaban J connectivity index is 2.67. The fourth-order valence-corrected chi connectivity index (χ4v) is 2.15. The topological polar surface area (TPSA) is 66.8 Å². The highest BCUT2D eigenvalue weighted by molar-refractivity contribution is 5.78.